The van der Waals surface area contributed by atoms with Crippen molar-refractivity contribution in [1.29, 1.82) is 0 Å². The van der Waals surface area contributed by atoms with Gasteiger partial charge in [0.1, 0.15) is 0 Å². The van der Waals surface area contributed by atoms with Crippen molar-refractivity contribution in [2.75, 3.05) is 33.2 Å². The Morgan fingerprint density at radius 2 is 1.61 bits per heavy atom. The fourth-order valence-electron chi connectivity index (χ4n) is 2.85. The number of piperazine rings is 1. The molecule has 3 rings (SSSR count). The molecule has 120 valence electrons. The zero-order valence-corrected chi connectivity index (χ0v) is 14.0. The molecule has 1 aromatic carbocycles. The van der Waals surface area contributed by atoms with Gasteiger partial charge in [-0.1, -0.05) is 29.8 Å². The highest BCUT2D eigenvalue weighted by Gasteiger charge is 2.22. The zero-order valence-electron chi connectivity index (χ0n) is 14.0. The van der Waals surface area contributed by atoms with Gasteiger partial charge in [0, 0.05) is 31.7 Å². The first-order chi connectivity index (χ1) is 11.0. The largest absolute Gasteiger partial charge is 0.336 e. The summed E-state index contributed by atoms with van der Waals surface area (Å²) in [5, 5.41) is 0. The van der Waals surface area contributed by atoms with Gasteiger partial charge in [-0.3, -0.25) is 9.78 Å². The van der Waals surface area contributed by atoms with Gasteiger partial charge < -0.3 is 9.80 Å². The van der Waals surface area contributed by atoms with Gasteiger partial charge in [-0.15, -0.1) is 0 Å². The molecule has 0 aliphatic carbocycles. The number of rotatable bonds is 2. The summed E-state index contributed by atoms with van der Waals surface area (Å²) in [4.78, 5) is 21.5. The summed E-state index contributed by atoms with van der Waals surface area (Å²) in [6.45, 7) is 7.42. The first kappa shape index (κ1) is 15.7. The minimum atomic E-state index is 0.0959. The number of hydrogen-bond donors (Lipinski definition) is 0. The second-order valence-electron chi connectivity index (χ2n) is 6.29. The highest BCUT2D eigenvalue weighted by molar-refractivity contribution is 5.95. The molecule has 0 atom stereocenters. The molecule has 4 heteroatoms. The predicted octanol–water partition coefficient (Wildman–Crippen LogP) is 2.75. The summed E-state index contributed by atoms with van der Waals surface area (Å²) in [6, 6.07) is 12.2. The maximum absolute atomic E-state index is 12.7. The molecule has 0 radical (unpaired) electrons. The van der Waals surface area contributed by atoms with Crippen molar-refractivity contribution in [3.05, 3.63) is 53.2 Å². The van der Waals surface area contributed by atoms with Crippen LogP contribution < -0.4 is 0 Å². The minimum absolute atomic E-state index is 0.0959. The van der Waals surface area contributed by atoms with Gasteiger partial charge >= 0.3 is 0 Å². The molecule has 2 heterocycles. The van der Waals surface area contributed by atoms with E-state index in [9.17, 15) is 4.79 Å². The summed E-state index contributed by atoms with van der Waals surface area (Å²) in [5.41, 5.74) is 4.74. The van der Waals surface area contributed by atoms with E-state index in [1.165, 1.54) is 5.56 Å². The summed E-state index contributed by atoms with van der Waals surface area (Å²) < 4.78 is 0. The van der Waals surface area contributed by atoms with Crippen LogP contribution in [0, 0.1) is 13.8 Å². The van der Waals surface area contributed by atoms with Crippen LogP contribution in [0.5, 0.6) is 0 Å². The molecule has 0 N–H and O–H groups in total. The lowest BCUT2D eigenvalue weighted by atomic mass is 10.1. The number of carbonyl (C=O) groups excluding carboxylic acids is 1. The summed E-state index contributed by atoms with van der Waals surface area (Å²) >= 11 is 0. The van der Waals surface area contributed by atoms with Gasteiger partial charge in [0.05, 0.1) is 17.0 Å². The standard InChI is InChI=1S/C19H23N3O/c1-14-4-6-16(7-5-14)18-9-8-17(15(2)20-18)19(23)22-12-10-21(3)11-13-22/h4-9H,10-13H2,1-3H3. The first-order valence-electron chi connectivity index (χ1n) is 8.07. The highest BCUT2D eigenvalue weighted by Crippen LogP contribution is 2.20. The molecule has 1 amide bonds. The van der Waals surface area contributed by atoms with Gasteiger partial charge in [0.2, 0.25) is 0 Å². The van der Waals surface area contributed by atoms with E-state index in [-0.39, 0.29) is 5.91 Å². The zero-order chi connectivity index (χ0) is 16.4. The molecule has 0 saturated carbocycles. The Hall–Kier alpha value is -2.20. The molecule has 1 aliphatic rings. The van der Waals surface area contributed by atoms with Gasteiger partial charge in [-0.05, 0) is 33.0 Å². The van der Waals surface area contributed by atoms with Crippen molar-refractivity contribution < 1.29 is 4.79 Å². The van der Waals surface area contributed by atoms with Crippen LogP contribution in [0.25, 0.3) is 11.3 Å². The van der Waals surface area contributed by atoms with Crippen molar-refractivity contribution in [2.24, 2.45) is 0 Å². The third-order valence-corrected chi connectivity index (χ3v) is 4.45. The molecule has 0 bridgehead atoms. The van der Waals surface area contributed by atoms with Crippen LogP contribution >= 0.6 is 0 Å². The van der Waals surface area contributed by atoms with Gasteiger partial charge in [-0.2, -0.15) is 0 Å². The van der Waals surface area contributed by atoms with Crippen molar-refractivity contribution in [3.8, 4) is 11.3 Å². The minimum Gasteiger partial charge on any atom is -0.336 e. The van der Waals surface area contributed by atoms with Crippen molar-refractivity contribution >= 4 is 5.91 Å². The first-order valence-corrected chi connectivity index (χ1v) is 8.07. The molecule has 4 nitrogen and oxygen atoms in total. The van der Waals surface area contributed by atoms with E-state index < -0.39 is 0 Å². The third kappa shape index (κ3) is 3.42. The number of hydrogen-bond acceptors (Lipinski definition) is 3. The monoisotopic (exact) mass is 309 g/mol. The fourth-order valence-corrected chi connectivity index (χ4v) is 2.85. The van der Waals surface area contributed by atoms with Gasteiger partial charge in [0.25, 0.3) is 5.91 Å². The molecule has 0 spiro atoms. The molecule has 2 aromatic rings. The average Bonchev–Trinajstić information content (AvgIpc) is 2.55. The molecule has 1 aliphatic heterocycles. The maximum Gasteiger partial charge on any atom is 0.255 e. The smallest absolute Gasteiger partial charge is 0.255 e. The summed E-state index contributed by atoms with van der Waals surface area (Å²) in [7, 11) is 2.09. The molecular weight excluding hydrogens is 286 g/mol. The van der Waals surface area contributed by atoms with Crippen LogP contribution in [0.1, 0.15) is 21.6 Å². The van der Waals surface area contributed by atoms with E-state index in [1.807, 2.05) is 24.0 Å². The van der Waals surface area contributed by atoms with Crippen LogP contribution in [0.15, 0.2) is 36.4 Å². The molecule has 0 unspecified atom stereocenters. The van der Waals surface area contributed by atoms with Crippen molar-refractivity contribution in [2.45, 2.75) is 13.8 Å². The molecular formula is C19H23N3O. The van der Waals surface area contributed by atoms with Crippen molar-refractivity contribution in [3.63, 3.8) is 0 Å². The van der Waals surface area contributed by atoms with E-state index in [0.717, 1.165) is 43.1 Å². The second-order valence-corrected chi connectivity index (χ2v) is 6.29. The maximum atomic E-state index is 12.7. The molecule has 1 fully saturated rings. The van der Waals surface area contributed by atoms with Crippen LogP contribution in [0.4, 0.5) is 0 Å². The van der Waals surface area contributed by atoms with E-state index in [1.54, 1.807) is 0 Å². The fraction of sp³-hybridized carbons (Fsp3) is 0.368. The lowest BCUT2D eigenvalue weighted by molar-refractivity contribution is 0.0663. The number of amides is 1. The van der Waals surface area contributed by atoms with E-state index in [0.29, 0.717) is 5.56 Å². The van der Waals surface area contributed by atoms with E-state index >= 15 is 0 Å². The third-order valence-electron chi connectivity index (χ3n) is 4.45. The SMILES string of the molecule is Cc1ccc(-c2ccc(C(=O)N3CCN(C)CC3)c(C)n2)cc1. The predicted molar refractivity (Wildman–Crippen MR) is 92.5 cm³/mol. The van der Waals surface area contributed by atoms with Crippen LogP contribution in [0.3, 0.4) is 0 Å². The van der Waals surface area contributed by atoms with E-state index in [4.69, 9.17) is 0 Å². The number of aromatic nitrogens is 1. The number of benzene rings is 1. The Balaban J connectivity index is 1.81. The van der Waals surface area contributed by atoms with Gasteiger partial charge in [0.15, 0.2) is 0 Å². The Morgan fingerprint density at radius 3 is 2.22 bits per heavy atom. The number of likely N-dealkylation sites (N-methyl/N-ethyl adjacent to an activating group) is 1. The molecule has 1 aromatic heterocycles. The van der Waals surface area contributed by atoms with Crippen LogP contribution in [-0.2, 0) is 0 Å². The quantitative estimate of drug-likeness (QED) is 0.856. The Bertz CT molecular complexity index is 701. The summed E-state index contributed by atoms with van der Waals surface area (Å²) in [6.07, 6.45) is 0. The average molecular weight is 309 g/mol. The Morgan fingerprint density at radius 1 is 0.957 bits per heavy atom. The van der Waals surface area contributed by atoms with Gasteiger partial charge in [-0.25, -0.2) is 0 Å². The number of aryl methyl sites for hydroxylation is 2. The Kier molecular flexibility index (Phi) is 4.44. The Labute approximate surface area is 137 Å². The topological polar surface area (TPSA) is 36.4 Å². The molecule has 23 heavy (non-hydrogen) atoms. The van der Waals surface area contributed by atoms with Crippen molar-refractivity contribution in [1.82, 2.24) is 14.8 Å². The number of pyridine rings is 1. The van der Waals surface area contributed by atoms with Crippen LogP contribution in [-0.4, -0.2) is 53.9 Å². The summed E-state index contributed by atoms with van der Waals surface area (Å²) in [5.74, 6) is 0.0959. The highest BCUT2D eigenvalue weighted by atomic mass is 16.2. The normalized spacial score (nSPS) is 15.7. The second kappa shape index (κ2) is 6.50. The number of carbonyl (C=O) groups is 1. The lowest BCUT2D eigenvalue weighted by Gasteiger charge is -2.32. The molecule has 1 saturated heterocycles. The van der Waals surface area contributed by atoms with E-state index in [2.05, 4.69) is 48.1 Å². The lowest BCUT2D eigenvalue weighted by Crippen LogP contribution is -2.47. The van der Waals surface area contributed by atoms with Crippen LogP contribution in [0.2, 0.25) is 0 Å². The number of nitrogens with zero attached hydrogens (tertiary/aromatic N) is 3.